The molecule has 4 nitrogen and oxygen atoms in total. The Hall–Kier alpha value is -3.15. The van der Waals surface area contributed by atoms with E-state index in [9.17, 15) is 0 Å². The third-order valence-corrected chi connectivity index (χ3v) is 6.23. The Labute approximate surface area is 192 Å². The Morgan fingerprint density at radius 2 is 1.71 bits per heavy atom. The molecular formula is C25H21ClN4S. The third-order valence-electron chi connectivity index (χ3n) is 5.66. The van der Waals surface area contributed by atoms with E-state index in [2.05, 4.69) is 69.3 Å². The Morgan fingerprint density at radius 3 is 2.45 bits per heavy atom. The summed E-state index contributed by atoms with van der Waals surface area (Å²) in [6.07, 6.45) is 3.93. The van der Waals surface area contributed by atoms with Crippen LogP contribution in [0, 0.1) is 6.92 Å². The van der Waals surface area contributed by atoms with Crippen molar-refractivity contribution >= 4 is 34.6 Å². The normalized spacial score (nSPS) is 18.3. The number of nitrogens with zero attached hydrogens (tertiary/aromatic N) is 3. The minimum atomic E-state index is -0.0953. The van der Waals surface area contributed by atoms with Crippen molar-refractivity contribution in [1.29, 1.82) is 0 Å². The molecule has 2 atom stereocenters. The summed E-state index contributed by atoms with van der Waals surface area (Å²) in [6, 6.07) is 26.2. The molecule has 6 heteroatoms. The van der Waals surface area contributed by atoms with Crippen LogP contribution in [-0.4, -0.2) is 14.7 Å². The van der Waals surface area contributed by atoms with Crippen LogP contribution >= 0.6 is 23.8 Å². The Kier molecular flexibility index (Phi) is 5.22. The molecule has 0 spiro atoms. The van der Waals surface area contributed by atoms with E-state index in [-0.39, 0.29) is 12.1 Å². The fourth-order valence-electron chi connectivity index (χ4n) is 4.22. The molecular weight excluding hydrogens is 424 g/mol. The molecule has 0 bridgehead atoms. The van der Waals surface area contributed by atoms with Crippen molar-refractivity contribution in [3.63, 3.8) is 0 Å². The number of nitrogens with one attached hydrogen (secondary N) is 1. The first kappa shape index (κ1) is 19.8. The number of thiocarbonyl (C=S) groups is 1. The second-order valence-corrected chi connectivity index (χ2v) is 8.39. The molecule has 1 aliphatic heterocycles. The summed E-state index contributed by atoms with van der Waals surface area (Å²) >= 11 is 12.0. The SMILES string of the molecule is Cc1ccccc1-n1cccc1[C@H]1[C@H](c2ccccn2)NC(=S)N1c1ccc(Cl)cc1. The molecule has 2 aromatic heterocycles. The van der Waals surface area contributed by atoms with Crippen LogP contribution in [0.5, 0.6) is 0 Å². The van der Waals surface area contributed by atoms with Crippen LogP contribution in [-0.2, 0) is 0 Å². The van der Waals surface area contributed by atoms with Gasteiger partial charge in [-0.15, -0.1) is 0 Å². The smallest absolute Gasteiger partial charge is 0.174 e. The van der Waals surface area contributed by atoms with Gasteiger partial charge in [-0.3, -0.25) is 4.98 Å². The molecule has 154 valence electrons. The van der Waals surface area contributed by atoms with Crippen molar-refractivity contribution < 1.29 is 0 Å². The summed E-state index contributed by atoms with van der Waals surface area (Å²) in [4.78, 5) is 6.80. The first-order valence-corrected chi connectivity index (χ1v) is 10.9. The molecule has 5 rings (SSSR count). The molecule has 0 aliphatic carbocycles. The highest BCUT2D eigenvalue weighted by Crippen LogP contribution is 2.42. The van der Waals surface area contributed by atoms with Gasteiger partial charge in [-0.05, 0) is 79.3 Å². The molecule has 0 unspecified atom stereocenters. The quantitative estimate of drug-likeness (QED) is 0.391. The highest BCUT2D eigenvalue weighted by molar-refractivity contribution is 7.80. The molecule has 0 amide bonds. The van der Waals surface area contributed by atoms with E-state index in [1.165, 1.54) is 5.56 Å². The number of benzene rings is 2. The van der Waals surface area contributed by atoms with Crippen LogP contribution < -0.4 is 10.2 Å². The first-order chi connectivity index (χ1) is 15.1. The van der Waals surface area contributed by atoms with Gasteiger partial charge in [-0.2, -0.15) is 0 Å². The van der Waals surface area contributed by atoms with Gasteiger partial charge in [0, 0.05) is 34.5 Å². The average molecular weight is 445 g/mol. The summed E-state index contributed by atoms with van der Waals surface area (Å²) in [5.41, 5.74) is 5.43. The molecule has 4 aromatic rings. The predicted octanol–water partition coefficient (Wildman–Crippen LogP) is 6.01. The van der Waals surface area contributed by atoms with Crippen LogP contribution in [0.15, 0.2) is 91.3 Å². The molecule has 31 heavy (non-hydrogen) atoms. The molecule has 1 N–H and O–H groups in total. The van der Waals surface area contributed by atoms with Crippen molar-refractivity contribution in [3.8, 4) is 5.69 Å². The van der Waals surface area contributed by atoms with E-state index in [0.29, 0.717) is 10.1 Å². The Morgan fingerprint density at radius 1 is 0.935 bits per heavy atom. The largest absolute Gasteiger partial charge is 0.351 e. The highest BCUT2D eigenvalue weighted by Gasteiger charge is 2.42. The molecule has 0 radical (unpaired) electrons. The number of hydrogen-bond acceptors (Lipinski definition) is 2. The van der Waals surface area contributed by atoms with Gasteiger partial charge in [0.1, 0.15) is 6.04 Å². The number of hydrogen-bond donors (Lipinski definition) is 1. The number of pyridine rings is 1. The van der Waals surface area contributed by atoms with Crippen LogP contribution in [0.4, 0.5) is 5.69 Å². The zero-order chi connectivity index (χ0) is 21.4. The fraction of sp³-hybridized carbons (Fsp3) is 0.120. The first-order valence-electron chi connectivity index (χ1n) is 10.1. The van der Waals surface area contributed by atoms with Crippen LogP contribution in [0.3, 0.4) is 0 Å². The average Bonchev–Trinajstić information content (AvgIpc) is 3.39. The molecule has 1 aliphatic rings. The lowest BCUT2D eigenvalue weighted by Crippen LogP contribution is -2.30. The van der Waals surface area contributed by atoms with E-state index in [1.54, 1.807) is 0 Å². The maximum atomic E-state index is 6.16. The monoisotopic (exact) mass is 444 g/mol. The standard InChI is InChI=1S/C25H21ClN4S/c1-17-7-2-3-9-21(17)29-16-6-10-22(29)24-23(20-8-4-5-15-27-20)28-25(31)30(24)19-13-11-18(26)12-14-19/h2-16,23-24H,1H3,(H,28,31)/t23-,24-/m0/s1. The zero-order valence-corrected chi connectivity index (χ0v) is 18.5. The number of para-hydroxylation sites is 1. The summed E-state index contributed by atoms with van der Waals surface area (Å²) in [7, 11) is 0. The third kappa shape index (κ3) is 3.60. The lowest BCUT2D eigenvalue weighted by Gasteiger charge is -2.29. The van der Waals surface area contributed by atoms with E-state index in [4.69, 9.17) is 23.8 Å². The summed E-state index contributed by atoms with van der Waals surface area (Å²) in [5, 5.41) is 4.88. The minimum Gasteiger partial charge on any atom is -0.351 e. The van der Waals surface area contributed by atoms with E-state index < -0.39 is 0 Å². The molecule has 3 heterocycles. The Balaban J connectivity index is 1.68. The molecule has 0 saturated carbocycles. The number of halogens is 1. The molecule has 1 fully saturated rings. The van der Waals surface area contributed by atoms with E-state index >= 15 is 0 Å². The van der Waals surface area contributed by atoms with Gasteiger partial charge in [-0.1, -0.05) is 35.9 Å². The van der Waals surface area contributed by atoms with Crippen molar-refractivity contribution in [2.24, 2.45) is 0 Å². The van der Waals surface area contributed by atoms with Crippen molar-refractivity contribution in [2.75, 3.05) is 4.90 Å². The number of rotatable bonds is 4. The van der Waals surface area contributed by atoms with Crippen LogP contribution in [0.2, 0.25) is 5.02 Å². The fourth-order valence-corrected chi connectivity index (χ4v) is 4.70. The summed E-state index contributed by atoms with van der Waals surface area (Å²) in [6.45, 7) is 2.13. The van der Waals surface area contributed by atoms with Gasteiger partial charge >= 0.3 is 0 Å². The second kappa shape index (κ2) is 8.17. The lowest BCUT2D eigenvalue weighted by molar-refractivity contribution is 0.549. The van der Waals surface area contributed by atoms with Gasteiger partial charge in [0.15, 0.2) is 5.11 Å². The topological polar surface area (TPSA) is 33.1 Å². The van der Waals surface area contributed by atoms with Gasteiger partial charge in [0.05, 0.1) is 11.7 Å². The Bertz CT molecular complexity index is 1220. The number of aryl methyl sites for hydroxylation is 1. The molecule has 2 aromatic carbocycles. The predicted molar refractivity (Wildman–Crippen MR) is 130 cm³/mol. The maximum absolute atomic E-state index is 6.16. The van der Waals surface area contributed by atoms with Crippen molar-refractivity contribution in [1.82, 2.24) is 14.9 Å². The zero-order valence-electron chi connectivity index (χ0n) is 16.9. The van der Waals surface area contributed by atoms with Gasteiger partial charge in [0.25, 0.3) is 0 Å². The highest BCUT2D eigenvalue weighted by atomic mass is 35.5. The molecule has 1 saturated heterocycles. The van der Waals surface area contributed by atoms with E-state index in [1.807, 2.05) is 48.7 Å². The van der Waals surface area contributed by atoms with Crippen molar-refractivity contribution in [3.05, 3.63) is 113 Å². The lowest BCUT2D eigenvalue weighted by atomic mass is 10.0. The van der Waals surface area contributed by atoms with Crippen LogP contribution in [0.25, 0.3) is 5.69 Å². The number of aromatic nitrogens is 2. The van der Waals surface area contributed by atoms with Gasteiger partial charge in [-0.25, -0.2) is 0 Å². The second-order valence-electron chi connectivity index (χ2n) is 7.56. The minimum absolute atomic E-state index is 0.0850. The van der Waals surface area contributed by atoms with Crippen LogP contribution in [0.1, 0.15) is 29.0 Å². The van der Waals surface area contributed by atoms with E-state index in [0.717, 1.165) is 22.8 Å². The summed E-state index contributed by atoms with van der Waals surface area (Å²) < 4.78 is 2.24. The van der Waals surface area contributed by atoms with Gasteiger partial charge < -0.3 is 14.8 Å². The van der Waals surface area contributed by atoms with Gasteiger partial charge in [0.2, 0.25) is 0 Å². The van der Waals surface area contributed by atoms with Crippen molar-refractivity contribution in [2.45, 2.75) is 19.0 Å². The maximum Gasteiger partial charge on any atom is 0.174 e. The number of anilines is 1. The summed E-state index contributed by atoms with van der Waals surface area (Å²) in [5.74, 6) is 0.